The molecule has 24 heavy (non-hydrogen) atoms. The quantitative estimate of drug-likeness (QED) is 0.676. The third-order valence-electron chi connectivity index (χ3n) is 3.97. The molecule has 0 aliphatic rings. The number of anilines is 1. The van der Waals surface area contributed by atoms with E-state index in [4.69, 9.17) is 11.6 Å². The molecule has 2 aromatic carbocycles. The fraction of sp³-hybridized carbons (Fsp3) is 0.200. The Hall–Kier alpha value is -2.39. The lowest BCUT2D eigenvalue weighted by molar-refractivity contribution is 0.102. The molecule has 0 atom stereocenters. The first-order valence-corrected chi connectivity index (χ1v) is 8.18. The molecule has 3 rings (SSSR count). The minimum Gasteiger partial charge on any atom is -0.321 e. The first kappa shape index (κ1) is 16.5. The van der Waals surface area contributed by atoms with Crippen LogP contribution >= 0.6 is 11.6 Å². The van der Waals surface area contributed by atoms with Crippen LogP contribution in [-0.4, -0.2) is 10.9 Å². The van der Waals surface area contributed by atoms with Crippen LogP contribution in [0.25, 0.3) is 10.9 Å². The minimum atomic E-state index is -0.141. The number of amides is 1. The zero-order chi connectivity index (χ0) is 17.3. The maximum atomic E-state index is 12.5. The number of nitrogens with zero attached hydrogens (tertiary/aromatic N) is 1. The summed E-state index contributed by atoms with van der Waals surface area (Å²) >= 11 is 6.00. The normalized spacial score (nSPS) is 11.5. The zero-order valence-corrected chi connectivity index (χ0v) is 14.7. The third kappa shape index (κ3) is 3.41. The van der Waals surface area contributed by atoms with Crippen molar-refractivity contribution in [2.75, 3.05) is 5.32 Å². The standard InChI is InChI=1S/C20H19ClN2O/c1-20(2,3)14-6-4-13(5-7-14)19(24)23-17-10-11-22-18-12-15(21)8-9-16(17)18/h4-12H,1-3H3,(H,22,23,24). The average Bonchev–Trinajstić information content (AvgIpc) is 2.54. The van der Waals surface area contributed by atoms with Gasteiger partial charge in [0.15, 0.2) is 0 Å². The van der Waals surface area contributed by atoms with E-state index in [1.54, 1.807) is 24.4 Å². The van der Waals surface area contributed by atoms with E-state index in [1.807, 2.05) is 30.3 Å². The summed E-state index contributed by atoms with van der Waals surface area (Å²) in [7, 11) is 0. The highest BCUT2D eigenvalue weighted by atomic mass is 35.5. The molecule has 3 nitrogen and oxygen atoms in total. The van der Waals surface area contributed by atoms with Crippen molar-refractivity contribution >= 4 is 34.1 Å². The second-order valence-electron chi connectivity index (χ2n) is 6.80. The summed E-state index contributed by atoms with van der Waals surface area (Å²) in [6, 6.07) is 14.9. The molecule has 122 valence electrons. The molecule has 1 N–H and O–H groups in total. The van der Waals surface area contributed by atoms with Crippen LogP contribution in [-0.2, 0) is 5.41 Å². The van der Waals surface area contributed by atoms with Gasteiger partial charge in [0, 0.05) is 22.2 Å². The van der Waals surface area contributed by atoms with Gasteiger partial charge in [-0.05, 0) is 47.4 Å². The van der Waals surface area contributed by atoms with Crippen molar-refractivity contribution in [3.05, 3.63) is 70.9 Å². The third-order valence-corrected chi connectivity index (χ3v) is 4.20. The van der Waals surface area contributed by atoms with Crippen molar-refractivity contribution in [2.45, 2.75) is 26.2 Å². The first-order chi connectivity index (χ1) is 11.3. The first-order valence-electron chi connectivity index (χ1n) is 7.81. The van der Waals surface area contributed by atoms with E-state index >= 15 is 0 Å². The minimum absolute atomic E-state index is 0.0651. The predicted molar refractivity (Wildman–Crippen MR) is 99.8 cm³/mol. The van der Waals surface area contributed by atoms with Gasteiger partial charge in [-0.2, -0.15) is 0 Å². The molecule has 0 spiro atoms. The highest BCUT2D eigenvalue weighted by Gasteiger charge is 2.15. The van der Waals surface area contributed by atoms with Gasteiger partial charge >= 0.3 is 0 Å². The molecule has 0 aliphatic heterocycles. The topological polar surface area (TPSA) is 42.0 Å². The second-order valence-corrected chi connectivity index (χ2v) is 7.24. The van der Waals surface area contributed by atoms with E-state index in [1.165, 1.54) is 5.56 Å². The molecular weight excluding hydrogens is 320 g/mol. The van der Waals surface area contributed by atoms with E-state index < -0.39 is 0 Å². The summed E-state index contributed by atoms with van der Waals surface area (Å²) in [6.45, 7) is 6.45. The number of nitrogens with one attached hydrogen (secondary N) is 1. The van der Waals surface area contributed by atoms with Crippen LogP contribution in [0.15, 0.2) is 54.7 Å². The van der Waals surface area contributed by atoms with Gasteiger partial charge in [0.05, 0.1) is 11.2 Å². The summed E-state index contributed by atoms with van der Waals surface area (Å²) in [4.78, 5) is 16.8. The van der Waals surface area contributed by atoms with Crippen molar-refractivity contribution < 1.29 is 4.79 Å². The number of fused-ring (bicyclic) bond motifs is 1. The lowest BCUT2D eigenvalue weighted by Gasteiger charge is -2.19. The summed E-state index contributed by atoms with van der Waals surface area (Å²) in [5.74, 6) is -0.141. The predicted octanol–water partition coefficient (Wildman–Crippen LogP) is 5.44. The Morgan fingerprint density at radius 1 is 1.04 bits per heavy atom. The van der Waals surface area contributed by atoms with Gasteiger partial charge in [-0.15, -0.1) is 0 Å². The molecule has 0 fully saturated rings. The largest absolute Gasteiger partial charge is 0.321 e. The number of aromatic nitrogens is 1. The Bertz CT molecular complexity index is 896. The number of pyridine rings is 1. The molecule has 1 aromatic heterocycles. The molecule has 1 amide bonds. The van der Waals surface area contributed by atoms with E-state index in [9.17, 15) is 4.79 Å². The van der Waals surface area contributed by atoms with Crippen LogP contribution in [0.5, 0.6) is 0 Å². The summed E-state index contributed by atoms with van der Waals surface area (Å²) in [5, 5.41) is 4.44. The fourth-order valence-electron chi connectivity index (χ4n) is 2.55. The van der Waals surface area contributed by atoms with Crippen LogP contribution in [0.2, 0.25) is 5.02 Å². The van der Waals surface area contributed by atoms with Crippen LogP contribution in [0.4, 0.5) is 5.69 Å². The van der Waals surface area contributed by atoms with Gasteiger partial charge in [0.25, 0.3) is 5.91 Å². The Balaban J connectivity index is 1.87. The van der Waals surface area contributed by atoms with Crippen molar-refractivity contribution in [2.24, 2.45) is 0 Å². The Morgan fingerprint density at radius 2 is 1.75 bits per heavy atom. The van der Waals surface area contributed by atoms with Gasteiger partial charge in [0.1, 0.15) is 0 Å². The highest BCUT2D eigenvalue weighted by Crippen LogP contribution is 2.26. The molecule has 0 saturated heterocycles. The summed E-state index contributed by atoms with van der Waals surface area (Å²) in [5.41, 5.74) is 3.37. The van der Waals surface area contributed by atoms with Crippen LogP contribution in [0.1, 0.15) is 36.7 Å². The maximum absolute atomic E-state index is 12.5. The molecule has 0 unspecified atom stereocenters. The molecule has 0 aliphatic carbocycles. The van der Waals surface area contributed by atoms with Crippen molar-refractivity contribution in [1.82, 2.24) is 4.98 Å². The molecule has 1 heterocycles. The number of benzene rings is 2. The van der Waals surface area contributed by atoms with Gasteiger partial charge < -0.3 is 5.32 Å². The van der Waals surface area contributed by atoms with Gasteiger partial charge in [0.2, 0.25) is 0 Å². The van der Waals surface area contributed by atoms with E-state index in [2.05, 4.69) is 31.1 Å². The van der Waals surface area contributed by atoms with Crippen molar-refractivity contribution in [3.63, 3.8) is 0 Å². The average molecular weight is 339 g/mol. The number of carbonyl (C=O) groups is 1. The van der Waals surface area contributed by atoms with Gasteiger partial charge in [-0.25, -0.2) is 0 Å². The zero-order valence-electron chi connectivity index (χ0n) is 13.9. The molecule has 0 saturated carbocycles. The van der Waals surface area contributed by atoms with E-state index in [0.29, 0.717) is 10.6 Å². The van der Waals surface area contributed by atoms with Crippen LogP contribution in [0, 0.1) is 0 Å². The molecule has 3 aromatic rings. The second kappa shape index (κ2) is 6.25. The highest BCUT2D eigenvalue weighted by molar-refractivity contribution is 6.31. The van der Waals surface area contributed by atoms with Crippen LogP contribution in [0.3, 0.4) is 0 Å². The van der Waals surface area contributed by atoms with E-state index in [-0.39, 0.29) is 11.3 Å². The Kier molecular flexibility index (Phi) is 4.29. The lowest BCUT2D eigenvalue weighted by Crippen LogP contribution is -2.14. The smallest absolute Gasteiger partial charge is 0.255 e. The Morgan fingerprint density at radius 3 is 2.42 bits per heavy atom. The van der Waals surface area contributed by atoms with Crippen LogP contribution < -0.4 is 5.32 Å². The number of carbonyl (C=O) groups excluding carboxylic acids is 1. The number of halogens is 1. The molecule has 0 bridgehead atoms. The van der Waals surface area contributed by atoms with E-state index in [0.717, 1.165) is 16.6 Å². The molecular formula is C20H19ClN2O. The molecule has 4 heteroatoms. The van der Waals surface area contributed by atoms with Crippen molar-refractivity contribution in [1.29, 1.82) is 0 Å². The monoisotopic (exact) mass is 338 g/mol. The summed E-state index contributed by atoms with van der Waals surface area (Å²) < 4.78 is 0. The lowest BCUT2D eigenvalue weighted by atomic mass is 9.87. The maximum Gasteiger partial charge on any atom is 0.255 e. The van der Waals surface area contributed by atoms with Gasteiger partial charge in [-0.1, -0.05) is 44.5 Å². The molecule has 0 radical (unpaired) electrons. The SMILES string of the molecule is CC(C)(C)c1ccc(C(=O)Nc2ccnc3cc(Cl)ccc23)cc1. The Labute approximate surface area is 146 Å². The summed E-state index contributed by atoms with van der Waals surface area (Å²) in [6.07, 6.45) is 1.66. The van der Waals surface area contributed by atoms with Gasteiger partial charge in [-0.3, -0.25) is 9.78 Å². The van der Waals surface area contributed by atoms with Crippen molar-refractivity contribution in [3.8, 4) is 0 Å². The number of hydrogen-bond acceptors (Lipinski definition) is 2. The fourth-order valence-corrected chi connectivity index (χ4v) is 2.71. The number of hydrogen-bond donors (Lipinski definition) is 1. The number of rotatable bonds is 2.